The number of sulfonamides is 1. The molecule has 0 saturated carbocycles. The summed E-state index contributed by atoms with van der Waals surface area (Å²) in [5.41, 5.74) is 5.41. The van der Waals surface area contributed by atoms with Gasteiger partial charge in [0, 0.05) is 11.4 Å². The minimum atomic E-state index is -3.49. The molecule has 0 aliphatic heterocycles. The minimum Gasteiger partial charge on any atom is -0.392 e. The third-order valence-electron chi connectivity index (χ3n) is 2.14. The molecular formula is C9H13BrN2O2S3. The Hall–Kier alpha value is -0.0200. The van der Waals surface area contributed by atoms with Crippen LogP contribution in [-0.2, 0) is 16.6 Å². The number of thiophene rings is 1. The van der Waals surface area contributed by atoms with E-state index in [2.05, 4.69) is 20.7 Å². The van der Waals surface area contributed by atoms with Crippen molar-refractivity contribution in [3.63, 3.8) is 0 Å². The Morgan fingerprint density at radius 2 is 2.29 bits per heavy atom. The molecule has 1 aromatic rings. The maximum Gasteiger partial charge on any atom is 0.221 e. The first-order valence-electron chi connectivity index (χ1n) is 4.89. The normalized spacial score (nSPS) is 13.5. The lowest BCUT2D eigenvalue weighted by molar-refractivity contribution is 0.574. The van der Waals surface area contributed by atoms with Gasteiger partial charge in [0.05, 0.1) is 8.77 Å². The van der Waals surface area contributed by atoms with Gasteiger partial charge >= 0.3 is 0 Å². The van der Waals surface area contributed by atoms with E-state index < -0.39 is 15.3 Å². The van der Waals surface area contributed by atoms with Crippen LogP contribution in [0.3, 0.4) is 0 Å². The first kappa shape index (κ1) is 15.0. The van der Waals surface area contributed by atoms with Crippen molar-refractivity contribution in [3.05, 3.63) is 20.8 Å². The lowest BCUT2D eigenvalue weighted by atomic mass is 10.3. The lowest BCUT2D eigenvalue weighted by Crippen LogP contribution is -2.41. The summed E-state index contributed by atoms with van der Waals surface area (Å²) >= 11 is 9.55. The van der Waals surface area contributed by atoms with Crippen molar-refractivity contribution in [1.82, 2.24) is 4.72 Å². The molecule has 3 N–H and O–H groups in total. The molecule has 0 aromatic carbocycles. The second-order valence-electron chi connectivity index (χ2n) is 3.37. The molecule has 1 heterocycles. The quantitative estimate of drug-likeness (QED) is 0.764. The average molecular weight is 357 g/mol. The van der Waals surface area contributed by atoms with Gasteiger partial charge in [-0.15, -0.1) is 11.3 Å². The van der Waals surface area contributed by atoms with Crippen molar-refractivity contribution in [1.29, 1.82) is 0 Å². The number of rotatable bonds is 6. The molecular weight excluding hydrogens is 344 g/mol. The molecule has 17 heavy (non-hydrogen) atoms. The van der Waals surface area contributed by atoms with E-state index in [9.17, 15) is 8.42 Å². The summed E-state index contributed by atoms with van der Waals surface area (Å²) in [6.07, 6.45) is 0.374. The van der Waals surface area contributed by atoms with Crippen LogP contribution in [0.5, 0.6) is 0 Å². The molecule has 0 spiro atoms. The fraction of sp³-hybridized carbons (Fsp3) is 0.444. The van der Waals surface area contributed by atoms with Crippen molar-refractivity contribution in [2.24, 2.45) is 5.73 Å². The molecule has 0 fully saturated rings. The minimum absolute atomic E-state index is 0.00681. The van der Waals surface area contributed by atoms with Crippen LogP contribution in [-0.4, -0.2) is 18.7 Å². The predicted octanol–water partition coefficient (Wildman–Crippen LogP) is 1.99. The van der Waals surface area contributed by atoms with E-state index in [-0.39, 0.29) is 11.5 Å². The molecule has 0 amide bonds. The highest BCUT2D eigenvalue weighted by Crippen LogP contribution is 2.22. The molecule has 1 atom stereocenters. The van der Waals surface area contributed by atoms with Crippen molar-refractivity contribution >= 4 is 54.5 Å². The van der Waals surface area contributed by atoms with Crippen LogP contribution in [0.4, 0.5) is 0 Å². The highest BCUT2D eigenvalue weighted by atomic mass is 79.9. The van der Waals surface area contributed by atoms with E-state index in [1.807, 2.05) is 12.1 Å². The Morgan fingerprint density at radius 3 is 2.71 bits per heavy atom. The summed E-state index contributed by atoms with van der Waals surface area (Å²) in [6, 6.07) is 3.73. The van der Waals surface area contributed by atoms with Gasteiger partial charge < -0.3 is 5.73 Å². The number of nitrogens with two attached hydrogens (primary N) is 1. The average Bonchev–Trinajstić information content (AvgIpc) is 2.61. The smallest absolute Gasteiger partial charge is 0.221 e. The summed E-state index contributed by atoms with van der Waals surface area (Å²) in [6.45, 7) is 2.00. The van der Waals surface area contributed by atoms with E-state index >= 15 is 0 Å². The van der Waals surface area contributed by atoms with Gasteiger partial charge in [-0.3, -0.25) is 0 Å². The number of hydrogen-bond acceptors (Lipinski definition) is 4. The molecule has 0 saturated heterocycles. The maximum absolute atomic E-state index is 11.9. The molecule has 1 aromatic heterocycles. The Morgan fingerprint density at radius 1 is 1.65 bits per heavy atom. The van der Waals surface area contributed by atoms with E-state index in [0.717, 1.165) is 8.66 Å². The van der Waals surface area contributed by atoms with Crippen LogP contribution < -0.4 is 10.5 Å². The zero-order valence-electron chi connectivity index (χ0n) is 9.14. The van der Waals surface area contributed by atoms with E-state index in [4.69, 9.17) is 18.0 Å². The van der Waals surface area contributed by atoms with Gasteiger partial charge in [-0.1, -0.05) is 19.1 Å². The van der Waals surface area contributed by atoms with Gasteiger partial charge in [0.1, 0.15) is 5.25 Å². The molecule has 0 bridgehead atoms. The molecule has 4 nitrogen and oxygen atoms in total. The van der Waals surface area contributed by atoms with Crippen molar-refractivity contribution < 1.29 is 8.42 Å². The van der Waals surface area contributed by atoms with Crippen LogP contribution in [0, 0.1) is 0 Å². The SMILES string of the molecule is CCC(C(N)=S)S(=O)(=O)NCc1ccc(Br)s1. The number of hydrogen-bond donors (Lipinski definition) is 2. The Balaban J connectivity index is 2.70. The standard InChI is InChI=1S/C9H13BrN2O2S3/c1-2-7(9(11)15)17(13,14)12-5-6-3-4-8(10)16-6/h3-4,7,12H,2,5H2,1H3,(H2,11,15). The zero-order chi connectivity index (χ0) is 13.1. The topological polar surface area (TPSA) is 72.2 Å². The molecule has 8 heteroatoms. The molecule has 0 radical (unpaired) electrons. The first-order valence-corrected chi connectivity index (χ1v) is 8.45. The molecule has 0 aliphatic rings. The fourth-order valence-electron chi connectivity index (χ4n) is 1.29. The predicted molar refractivity (Wildman–Crippen MR) is 78.6 cm³/mol. The Bertz CT molecular complexity index is 498. The van der Waals surface area contributed by atoms with Crippen LogP contribution in [0.25, 0.3) is 0 Å². The Labute approximate surface area is 119 Å². The maximum atomic E-state index is 11.9. The van der Waals surface area contributed by atoms with Gasteiger partial charge in [0.25, 0.3) is 0 Å². The lowest BCUT2D eigenvalue weighted by Gasteiger charge is -2.14. The third kappa shape index (κ3) is 4.29. The van der Waals surface area contributed by atoms with Gasteiger partial charge in [0.2, 0.25) is 10.0 Å². The summed E-state index contributed by atoms with van der Waals surface area (Å²) < 4.78 is 27.3. The summed E-state index contributed by atoms with van der Waals surface area (Å²) in [7, 11) is -3.49. The largest absolute Gasteiger partial charge is 0.392 e. The van der Waals surface area contributed by atoms with Crippen LogP contribution in [0.1, 0.15) is 18.2 Å². The van der Waals surface area contributed by atoms with Crippen LogP contribution in [0.2, 0.25) is 0 Å². The highest BCUT2D eigenvalue weighted by molar-refractivity contribution is 9.11. The van der Waals surface area contributed by atoms with Crippen molar-refractivity contribution in [2.45, 2.75) is 25.1 Å². The van der Waals surface area contributed by atoms with Crippen molar-refractivity contribution in [2.75, 3.05) is 0 Å². The first-order chi connectivity index (χ1) is 7.86. The summed E-state index contributed by atoms with van der Waals surface area (Å²) in [5, 5.41) is -0.805. The second kappa shape index (κ2) is 6.24. The monoisotopic (exact) mass is 356 g/mol. The molecule has 1 rings (SSSR count). The van der Waals surface area contributed by atoms with Crippen LogP contribution >= 0.6 is 39.5 Å². The zero-order valence-corrected chi connectivity index (χ0v) is 13.2. The van der Waals surface area contributed by atoms with Gasteiger partial charge in [-0.2, -0.15) is 0 Å². The number of nitrogens with one attached hydrogen (secondary N) is 1. The van der Waals surface area contributed by atoms with Gasteiger partial charge in [-0.05, 0) is 34.5 Å². The van der Waals surface area contributed by atoms with E-state index in [1.54, 1.807) is 6.92 Å². The summed E-state index contributed by atoms with van der Waals surface area (Å²) in [5.74, 6) is 0. The third-order valence-corrected chi connectivity index (χ3v) is 6.08. The van der Waals surface area contributed by atoms with E-state index in [0.29, 0.717) is 6.42 Å². The second-order valence-corrected chi connectivity index (χ2v) is 8.34. The van der Waals surface area contributed by atoms with Gasteiger partial charge in [-0.25, -0.2) is 13.1 Å². The highest BCUT2D eigenvalue weighted by Gasteiger charge is 2.25. The Kier molecular flexibility index (Phi) is 5.52. The molecule has 96 valence electrons. The van der Waals surface area contributed by atoms with Gasteiger partial charge in [0.15, 0.2) is 0 Å². The number of halogens is 1. The van der Waals surface area contributed by atoms with E-state index in [1.165, 1.54) is 11.3 Å². The van der Waals surface area contributed by atoms with Crippen LogP contribution in [0.15, 0.2) is 15.9 Å². The molecule has 1 unspecified atom stereocenters. The molecule has 0 aliphatic carbocycles. The van der Waals surface area contributed by atoms with Crippen molar-refractivity contribution in [3.8, 4) is 0 Å². The fourth-order valence-corrected chi connectivity index (χ4v) is 4.66. The number of thiocarbonyl (C=S) groups is 1. The summed E-state index contributed by atoms with van der Waals surface area (Å²) in [4.78, 5) is 0.936.